The molecule has 18 nitrogen and oxygen atoms in total. The summed E-state index contributed by atoms with van der Waals surface area (Å²) in [6.45, 7) is 16.4. The number of imidazole rings is 3. The third-order valence-electron chi connectivity index (χ3n) is 17.8. The maximum absolute atomic E-state index is 6.32. The molecule has 10 aromatic heterocycles. The van der Waals surface area contributed by atoms with Gasteiger partial charge < -0.3 is 24.3 Å². The first-order valence-electron chi connectivity index (χ1n) is 31.0. The second-order valence-electron chi connectivity index (χ2n) is 24.5. The lowest BCUT2D eigenvalue weighted by Gasteiger charge is -2.32. The number of pyridine rings is 4. The SMILES string of the molecule is Cc1c(-c2ccc3[nH]nc(-c4nc5ccccc5[nH]4)c3c2)cncc1-c1ccccn1.[B]P(C)n1nc(-c2nc3ccccc3[nH]2)c2cc(-c3cncc(-c4ccccn4)c3C)ccc21.[B]P(C)n1nc(-c2nc3ccccc3[nH]2)c2cc(B3OC(C)(C)C(C)(C)O3)ccc21. The number of aromatic amines is 4. The van der Waals surface area contributed by atoms with Gasteiger partial charge in [-0.25, -0.2) is 15.0 Å². The van der Waals surface area contributed by atoms with Gasteiger partial charge in [-0.15, -0.1) is 0 Å². The monoisotopic (exact) mass is 1280 g/mol. The molecule has 0 bridgehead atoms. The number of hydrogen-bond acceptors (Lipinski definition) is 12. The molecule has 4 radical (unpaired) electrons. The molecule has 17 rings (SSSR count). The quantitative estimate of drug-likeness (QED) is 0.0742. The number of benzene rings is 6. The number of para-hydroxylation sites is 6. The van der Waals surface area contributed by atoms with Crippen molar-refractivity contribution in [3.63, 3.8) is 0 Å². The fourth-order valence-electron chi connectivity index (χ4n) is 12.1. The molecular formula is C72H61B3N16O2P2. The molecule has 11 heterocycles. The summed E-state index contributed by atoms with van der Waals surface area (Å²) >= 11 is 0. The zero-order valence-corrected chi connectivity index (χ0v) is 55.2. The van der Waals surface area contributed by atoms with Crippen LogP contribution in [0.15, 0.2) is 201 Å². The first-order chi connectivity index (χ1) is 46.0. The van der Waals surface area contributed by atoms with E-state index in [-0.39, 0.29) is 0 Å². The number of nitrogens with zero attached hydrogens (tertiary/aromatic N) is 12. The maximum Gasteiger partial charge on any atom is 0.494 e. The Balaban J connectivity index is 0.000000118. The van der Waals surface area contributed by atoms with Gasteiger partial charge in [-0.3, -0.25) is 33.9 Å². The molecule has 1 saturated heterocycles. The number of aromatic nitrogens is 16. The molecule has 16 aromatic rings. The summed E-state index contributed by atoms with van der Waals surface area (Å²) in [5.74, 6) is 2.21. The van der Waals surface area contributed by atoms with Crippen molar-refractivity contribution in [2.24, 2.45) is 0 Å². The van der Waals surface area contributed by atoms with E-state index < -0.39 is 34.2 Å². The van der Waals surface area contributed by atoms with E-state index in [1.165, 1.54) is 0 Å². The Morgan fingerprint density at radius 3 is 1.34 bits per heavy atom. The van der Waals surface area contributed by atoms with Gasteiger partial charge in [0.25, 0.3) is 0 Å². The predicted molar refractivity (Wildman–Crippen MR) is 387 cm³/mol. The van der Waals surface area contributed by atoms with Crippen LogP contribution in [0.4, 0.5) is 0 Å². The van der Waals surface area contributed by atoms with Gasteiger partial charge in [0.1, 0.15) is 32.2 Å². The first kappa shape index (κ1) is 60.9. The highest BCUT2D eigenvalue weighted by Gasteiger charge is 2.52. The highest BCUT2D eigenvalue weighted by Crippen LogP contribution is 2.42. The Morgan fingerprint density at radius 2 is 0.874 bits per heavy atom. The molecule has 1 fully saturated rings. The number of rotatable bonds is 10. The molecule has 0 aliphatic carbocycles. The normalized spacial score (nSPS) is 14.2. The topological polar surface area (TPSA) is 220 Å². The molecule has 0 amide bonds. The molecule has 2 unspecified atom stereocenters. The molecule has 2 atom stereocenters. The van der Waals surface area contributed by atoms with E-state index in [1.807, 2.05) is 168 Å². The van der Waals surface area contributed by atoms with Gasteiger partial charge >= 0.3 is 7.12 Å². The molecule has 4 N–H and O–H groups in total. The van der Waals surface area contributed by atoms with Crippen molar-refractivity contribution < 1.29 is 9.31 Å². The Kier molecular flexibility index (Phi) is 15.8. The second-order valence-corrected chi connectivity index (χ2v) is 27.6. The van der Waals surface area contributed by atoms with Gasteiger partial charge in [-0.1, -0.05) is 72.8 Å². The van der Waals surface area contributed by atoms with Crippen LogP contribution in [0.1, 0.15) is 38.8 Å². The fourth-order valence-corrected chi connectivity index (χ4v) is 13.6. The van der Waals surface area contributed by atoms with Crippen molar-refractivity contribution in [2.45, 2.75) is 52.7 Å². The average Bonchev–Trinajstić information content (AvgIpc) is 1.63. The fraction of sp³-hybridized carbons (Fsp3) is 0.139. The summed E-state index contributed by atoms with van der Waals surface area (Å²) in [6.07, 6.45) is 11.2. The molecule has 0 spiro atoms. The van der Waals surface area contributed by atoms with E-state index in [4.69, 9.17) is 49.6 Å². The van der Waals surface area contributed by atoms with Crippen LogP contribution in [0.25, 0.3) is 145 Å². The van der Waals surface area contributed by atoms with Crippen LogP contribution in [0.3, 0.4) is 0 Å². The van der Waals surface area contributed by atoms with Crippen LogP contribution in [-0.2, 0) is 9.31 Å². The zero-order chi connectivity index (χ0) is 65.3. The maximum atomic E-state index is 6.32. The molecule has 460 valence electrons. The minimum Gasteiger partial charge on any atom is -0.399 e. The van der Waals surface area contributed by atoms with E-state index >= 15 is 0 Å². The standard InChI is InChI=1S/C26H20BN6P.C25H18N6.C21H23B2N4O2P/c1-16-19(14-28-15-20(16)21-7-5-6-12-29-21)17-10-11-24-18(13-17)25(32-33(24)34(2)27)26-30-22-8-3-4-9-23(22)31-26;1-15-18(13-26-14-19(15)20-6-4-5-11-27-20)16-9-10-21-17(12-16)24(31-30-21)25-28-22-7-2-3-8-23(22)29-25;1-20(2)21(3,4)29-23(28-20)13-10-11-17-14(12-13)18(26-27(17)30(5)22)19-24-15-8-6-7-9-16(15)25-19/h3-15H,1-2H3,(H,30,31);2-14H,1H3,(H,28,29)(H,30,31);6-12H,1-5H3,(H,24,25). The third-order valence-corrected chi connectivity index (χ3v) is 19.6. The van der Waals surface area contributed by atoms with Gasteiger partial charge in [0.15, 0.2) is 17.5 Å². The van der Waals surface area contributed by atoms with Crippen LogP contribution in [-0.4, -0.2) is 126 Å². The van der Waals surface area contributed by atoms with Crippen LogP contribution < -0.4 is 5.46 Å². The summed E-state index contributed by atoms with van der Waals surface area (Å²) in [5, 5.41) is 20.4. The van der Waals surface area contributed by atoms with Crippen molar-refractivity contribution in [1.29, 1.82) is 0 Å². The van der Waals surface area contributed by atoms with Gasteiger partial charge in [-0.2, -0.15) is 15.3 Å². The van der Waals surface area contributed by atoms with Crippen molar-refractivity contribution in [1.82, 2.24) is 79.1 Å². The van der Waals surface area contributed by atoms with Gasteiger partial charge in [0.05, 0.1) is 72.2 Å². The second kappa shape index (κ2) is 24.6. The molecule has 1 aliphatic rings. The first-order valence-corrected chi connectivity index (χ1v) is 34.6. The largest absolute Gasteiger partial charge is 0.494 e. The Labute approximate surface area is 552 Å². The van der Waals surface area contributed by atoms with Gasteiger partial charge in [0.2, 0.25) is 0 Å². The van der Waals surface area contributed by atoms with Crippen LogP contribution in [0.2, 0.25) is 0 Å². The molecular weight excluding hydrogens is 1220 g/mol. The van der Waals surface area contributed by atoms with E-state index in [9.17, 15) is 0 Å². The summed E-state index contributed by atoms with van der Waals surface area (Å²) < 4.78 is 16.3. The van der Waals surface area contributed by atoms with Crippen LogP contribution in [0, 0.1) is 13.8 Å². The molecule has 6 aromatic carbocycles. The number of fused-ring (bicyclic) bond motifs is 6. The lowest BCUT2D eigenvalue weighted by Crippen LogP contribution is -2.41. The Bertz CT molecular complexity index is 5430. The van der Waals surface area contributed by atoms with Crippen molar-refractivity contribution in [3.05, 3.63) is 212 Å². The minimum atomic E-state index is -0.951. The average molecular weight is 1280 g/mol. The third kappa shape index (κ3) is 11.4. The molecule has 0 saturated carbocycles. The lowest BCUT2D eigenvalue weighted by molar-refractivity contribution is 0.00578. The molecule has 95 heavy (non-hydrogen) atoms. The molecule has 23 heteroatoms. The van der Waals surface area contributed by atoms with Crippen LogP contribution in [0.5, 0.6) is 0 Å². The van der Waals surface area contributed by atoms with Crippen molar-refractivity contribution in [3.8, 4) is 79.3 Å². The van der Waals surface area contributed by atoms with Crippen molar-refractivity contribution in [2.75, 3.05) is 13.3 Å². The van der Waals surface area contributed by atoms with Crippen molar-refractivity contribution >= 4 is 109 Å². The number of H-pyrrole nitrogens is 4. The van der Waals surface area contributed by atoms with Crippen LogP contribution >= 0.6 is 15.9 Å². The summed E-state index contributed by atoms with van der Waals surface area (Å²) in [6, 6.07) is 54.6. The number of hydrogen-bond donors (Lipinski definition) is 4. The van der Waals surface area contributed by atoms with E-state index in [0.717, 1.165) is 162 Å². The van der Waals surface area contributed by atoms with E-state index in [1.54, 1.807) is 12.4 Å². The predicted octanol–water partition coefficient (Wildman–Crippen LogP) is 15.3. The van der Waals surface area contributed by atoms with E-state index in [2.05, 4.69) is 129 Å². The van der Waals surface area contributed by atoms with Gasteiger partial charge in [0, 0.05) is 75.6 Å². The lowest BCUT2D eigenvalue weighted by atomic mass is 9.78. The smallest absolute Gasteiger partial charge is 0.399 e. The highest BCUT2D eigenvalue weighted by atomic mass is 31.1. The molecule has 1 aliphatic heterocycles. The van der Waals surface area contributed by atoms with Gasteiger partial charge in [-0.05, 0) is 189 Å². The Hall–Kier alpha value is -10.3. The highest BCUT2D eigenvalue weighted by molar-refractivity contribution is 7.80. The minimum absolute atomic E-state index is 0.395. The van der Waals surface area contributed by atoms with E-state index in [0.29, 0.717) is 0 Å². The Morgan fingerprint density at radius 1 is 0.453 bits per heavy atom. The summed E-state index contributed by atoms with van der Waals surface area (Å²) in [5.41, 5.74) is 21.6. The summed E-state index contributed by atoms with van der Waals surface area (Å²) in [7, 11) is 10.3. The zero-order valence-electron chi connectivity index (χ0n) is 53.4. The summed E-state index contributed by atoms with van der Waals surface area (Å²) in [4.78, 5) is 42.5. The number of nitrogens with one attached hydrogen (secondary N) is 4.